The van der Waals surface area contributed by atoms with Crippen LogP contribution in [0.25, 0.3) is 0 Å². The number of ether oxygens (including phenoxy) is 1. The maximum absolute atomic E-state index is 11.9. The second-order valence-electron chi connectivity index (χ2n) is 5.87. The van der Waals surface area contributed by atoms with Gasteiger partial charge in [0, 0.05) is 19.6 Å². The van der Waals surface area contributed by atoms with Crippen LogP contribution in [0.4, 0.5) is 0 Å². The fourth-order valence-electron chi connectivity index (χ4n) is 2.81. The monoisotopic (exact) mass is 341 g/mol. The van der Waals surface area contributed by atoms with E-state index in [1.165, 1.54) is 12.8 Å². The molecule has 0 bridgehead atoms. The van der Waals surface area contributed by atoms with Gasteiger partial charge in [-0.2, -0.15) is 0 Å². The molecule has 0 unspecified atom stereocenters. The van der Waals surface area contributed by atoms with Crippen molar-refractivity contribution in [3.63, 3.8) is 0 Å². The zero-order valence-corrected chi connectivity index (χ0v) is 14.4. The summed E-state index contributed by atoms with van der Waals surface area (Å²) < 4.78 is 5.58. The Morgan fingerprint density at radius 2 is 1.90 bits per heavy atom. The van der Waals surface area contributed by atoms with E-state index >= 15 is 0 Å². The first-order chi connectivity index (χ1) is 9.19. The highest BCUT2D eigenvalue weighted by Crippen LogP contribution is 2.19. The molecular weight excluding hydrogens is 313 g/mol. The molecule has 21 heavy (non-hydrogen) atoms. The van der Waals surface area contributed by atoms with Crippen LogP contribution in [0.15, 0.2) is 0 Å². The minimum Gasteiger partial charge on any atom is -0.364 e. The zero-order valence-electron chi connectivity index (χ0n) is 12.8. The van der Waals surface area contributed by atoms with Crippen molar-refractivity contribution < 1.29 is 9.53 Å². The average molecular weight is 342 g/mol. The first-order valence-electron chi connectivity index (χ1n) is 7.54. The van der Waals surface area contributed by atoms with Gasteiger partial charge in [0.2, 0.25) is 5.91 Å². The summed E-state index contributed by atoms with van der Waals surface area (Å²) in [5, 5.41) is 2.98. The SMILES string of the molecule is CC1CCN(CCNC(=O)[C@@H]2CC[C@H](CN)O2)CC1.Cl.Cl. The molecule has 2 saturated heterocycles. The number of carbonyl (C=O) groups excluding carboxylic acids is 1. The summed E-state index contributed by atoms with van der Waals surface area (Å²) in [7, 11) is 0. The summed E-state index contributed by atoms with van der Waals surface area (Å²) >= 11 is 0. The molecule has 0 spiro atoms. The van der Waals surface area contributed by atoms with Gasteiger partial charge in [-0.25, -0.2) is 0 Å². The lowest BCUT2D eigenvalue weighted by Gasteiger charge is -2.30. The van der Waals surface area contributed by atoms with Gasteiger partial charge >= 0.3 is 0 Å². The highest BCUT2D eigenvalue weighted by Gasteiger charge is 2.29. The molecule has 0 radical (unpaired) electrons. The third-order valence-corrected chi connectivity index (χ3v) is 4.27. The fourth-order valence-corrected chi connectivity index (χ4v) is 2.81. The topological polar surface area (TPSA) is 67.6 Å². The molecule has 2 atom stereocenters. The van der Waals surface area contributed by atoms with Crippen molar-refractivity contribution in [3.05, 3.63) is 0 Å². The number of nitrogens with zero attached hydrogens (tertiary/aromatic N) is 1. The van der Waals surface area contributed by atoms with Crippen LogP contribution in [-0.4, -0.2) is 55.7 Å². The minimum atomic E-state index is -0.282. The third-order valence-electron chi connectivity index (χ3n) is 4.27. The number of nitrogens with one attached hydrogen (secondary N) is 1. The van der Waals surface area contributed by atoms with E-state index in [1.54, 1.807) is 0 Å². The maximum Gasteiger partial charge on any atom is 0.249 e. The number of likely N-dealkylation sites (tertiary alicyclic amines) is 1. The predicted molar refractivity (Wildman–Crippen MR) is 89.3 cm³/mol. The van der Waals surface area contributed by atoms with Gasteiger partial charge < -0.3 is 20.7 Å². The first-order valence-corrected chi connectivity index (χ1v) is 7.54. The molecule has 0 aromatic carbocycles. The van der Waals surface area contributed by atoms with Crippen molar-refractivity contribution >= 4 is 30.7 Å². The molecule has 1 amide bonds. The maximum atomic E-state index is 11.9. The molecule has 0 aromatic heterocycles. The molecule has 2 aliphatic heterocycles. The smallest absolute Gasteiger partial charge is 0.249 e. The quantitative estimate of drug-likeness (QED) is 0.788. The van der Waals surface area contributed by atoms with E-state index in [0.717, 1.165) is 44.9 Å². The van der Waals surface area contributed by atoms with Gasteiger partial charge in [-0.3, -0.25) is 4.79 Å². The Bertz CT molecular complexity index is 300. The Balaban J connectivity index is 0.00000200. The van der Waals surface area contributed by atoms with Gasteiger partial charge in [0.05, 0.1) is 6.10 Å². The molecule has 2 aliphatic rings. The van der Waals surface area contributed by atoms with Crippen LogP contribution in [0.5, 0.6) is 0 Å². The number of halogens is 2. The van der Waals surface area contributed by atoms with Crippen LogP contribution < -0.4 is 11.1 Å². The van der Waals surface area contributed by atoms with Gasteiger partial charge in [-0.05, 0) is 44.7 Å². The standard InChI is InChI=1S/C14H27N3O2.2ClH/c1-11-4-7-17(8-5-11)9-6-16-14(18)13-3-2-12(10-15)19-13;;/h11-13H,2-10,15H2,1H3,(H,16,18);2*1H/t12-,13+;;/m1../s1. The summed E-state index contributed by atoms with van der Waals surface area (Å²) in [6.45, 7) is 6.81. The highest BCUT2D eigenvalue weighted by atomic mass is 35.5. The molecule has 2 fully saturated rings. The molecular formula is C14H29Cl2N3O2. The first kappa shape index (κ1) is 20.9. The van der Waals surface area contributed by atoms with Crippen LogP contribution in [-0.2, 0) is 9.53 Å². The Kier molecular flexibility index (Phi) is 10.6. The van der Waals surface area contributed by atoms with Crippen LogP contribution in [0.2, 0.25) is 0 Å². The van der Waals surface area contributed by atoms with Crippen LogP contribution in [0, 0.1) is 5.92 Å². The molecule has 0 aliphatic carbocycles. The molecule has 5 nitrogen and oxygen atoms in total. The number of amides is 1. The van der Waals surface area contributed by atoms with E-state index in [4.69, 9.17) is 10.5 Å². The van der Waals surface area contributed by atoms with Crippen LogP contribution in [0.1, 0.15) is 32.6 Å². The third kappa shape index (κ3) is 6.70. The van der Waals surface area contributed by atoms with E-state index in [0.29, 0.717) is 6.54 Å². The normalized spacial score (nSPS) is 26.8. The van der Waals surface area contributed by atoms with E-state index in [9.17, 15) is 4.79 Å². The minimum absolute atomic E-state index is 0. The van der Waals surface area contributed by atoms with Gasteiger partial charge in [0.25, 0.3) is 0 Å². The van der Waals surface area contributed by atoms with Crippen molar-refractivity contribution in [1.82, 2.24) is 10.2 Å². The molecule has 2 heterocycles. The Hall–Kier alpha value is -0.0700. The number of carbonyl (C=O) groups is 1. The highest BCUT2D eigenvalue weighted by molar-refractivity contribution is 5.85. The van der Waals surface area contributed by atoms with Crippen molar-refractivity contribution in [2.75, 3.05) is 32.7 Å². The van der Waals surface area contributed by atoms with E-state index in [-0.39, 0.29) is 42.9 Å². The van der Waals surface area contributed by atoms with Crippen molar-refractivity contribution in [2.45, 2.75) is 44.8 Å². The predicted octanol–water partition coefficient (Wildman–Crippen LogP) is 1.18. The number of rotatable bonds is 5. The van der Waals surface area contributed by atoms with Gasteiger partial charge in [0.1, 0.15) is 6.10 Å². The molecule has 7 heteroatoms. The van der Waals surface area contributed by atoms with Crippen molar-refractivity contribution in [1.29, 1.82) is 0 Å². The molecule has 2 rings (SSSR count). The average Bonchev–Trinajstić information content (AvgIpc) is 2.90. The number of hydrogen-bond donors (Lipinski definition) is 2. The summed E-state index contributed by atoms with van der Waals surface area (Å²) in [5.41, 5.74) is 5.54. The van der Waals surface area contributed by atoms with Crippen LogP contribution >= 0.6 is 24.8 Å². The van der Waals surface area contributed by atoms with E-state index in [1.807, 2.05) is 0 Å². The lowest BCUT2D eigenvalue weighted by Crippen LogP contribution is -2.42. The van der Waals surface area contributed by atoms with E-state index < -0.39 is 0 Å². The second kappa shape index (κ2) is 10.6. The van der Waals surface area contributed by atoms with Crippen LogP contribution in [0.3, 0.4) is 0 Å². The van der Waals surface area contributed by atoms with Gasteiger partial charge in [-0.15, -0.1) is 24.8 Å². The second-order valence-corrected chi connectivity index (χ2v) is 5.87. The lowest BCUT2D eigenvalue weighted by molar-refractivity contribution is -0.131. The van der Waals surface area contributed by atoms with Crippen molar-refractivity contribution in [2.24, 2.45) is 11.7 Å². The van der Waals surface area contributed by atoms with Crippen molar-refractivity contribution in [3.8, 4) is 0 Å². The number of nitrogens with two attached hydrogens (primary N) is 1. The fraction of sp³-hybridized carbons (Fsp3) is 0.929. The molecule has 126 valence electrons. The largest absolute Gasteiger partial charge is 0.364 e. The molecule has 3 N–H and O–H groups in total. The van der Waals surface area contributed by atoms with E-state index in [2.05, 4.69) is 17.1 Å². The Morgan fingerprint density at radius 3 is 2.48 bits per heavy atom. The number of hydrogen-bond acceptors (Lipinski definition) is 4. The molecule has 0 aromatic rings. The van der Waals surface area contributed by atoms with Gasteiger partial charge in [0.15, 0.2) is 0 Å². The Morgan fingerprint density at radius 1 is 1.24 bits per heavy atom. The zero-order chi connectivity index (χ0) is 13.7. The summed E-state index contributed by atoms with van der Waals surface area (Å²) in [4.78, 5) is 14.3. The van der Waals surface area contributed by atoms with Gasteiger partial charge in [-0.1, -0.05) is 6.92 Å². The molecule has 0 saturated carbocycles. The summed E-state index contributed by atoms with van der Waals surface area (Å²) in [6, 6.07) is 0. The summed E-state index contributed by atoms with van der Waals surface area (Å²) in [5.74, 6) is 0.882. The lowest BCUT2D eigenvalue weighted by atomic mass is 9.99. The number of piperidine rings is 1. The Labute approximate surface area is 140 Å². The summed E-state index contributed by atoms with van der Waals surface area (Å²) in [6.07, 6.45) is 4.04.